The van der Waals surface area contributed by atoms with Crippen molar-refractivity contribution in [1.29, 1.82) is 0 Å². The zero-order chi connectivity index (χ0) is 16.1. The molecule has 0 N–H and O–H groups in total. The summed E-state index contributed by atoms with van der Waals surface area (Å²) in [4.78, 5) is 29.5. The standard InChI is InChI=1S/C19H32N2O2/c22-18(16-8-3-1-4-9-16)20-12-7-13-21(15-14-20)19(23)17-10-5-2-6-11-17/h16-17H,1-15H2. The maximum Gasteiger partial charge on any atom is 0.225 e. The van der Waals surface area contributed by atoms with Crippen LogP contribution in [0.5, 0.6) is 0 Å². The molecule has 2 amide bonds. The summed E-state index contributed by atoms with van der Waals surface area (Å²) in [6, 6.07) is 0. The zero-order valence-electron chi connectivity index (χ0n) is 14.5. The SMILES string of the molecule is O=C(C1CCCCC1)N1CCCN(C(=O)C2CCCCC2)CC1. The predicted octanol–water partition coefficient (Wildman–Crippen LogP) is 3.21. The largest absolute Gasteiger partial charge is 0.341 e. The van der Waals surface area contributed by atoms with Crippen LogP contribution in [0.4, 0.5) is 0 Å². The van der Waals surface area contributed by atoms with E-state index in [1.807, 2.05) is 9.80 Å². The summed E-state index contributed by atoms with van der Waals surface area (Å²) < 4.78 is 0. The Morgan fingerprint density at radius 2 is 0.913 bits per heavy atom. The highest BCUT2D eigenvalue weighted by Crippen LogP contribution is 2.27. The van der Waals surface area contributed by atoms with E-state index >= 15 is 0 Å². The van der Waals surface area contributed by atoms with Gasteiger partial charge < -0.3 is 9.80 Å². The second kappa shape index (κ2) is 8.16. The van der Waals surface area contributed by atoms with E-state index in [-0.39, 0.29) is 11.8 Å². The Labute approximate surface area is 140 Å². The molecule has 2 saturated carbocycles. The van der Waals surface area contributed by atoms with Gasteiger partial charge in [-0.2, -0.15) is 0 Å². The van der Waals surface area contributed by atoms with E-state index in [1.54, 1.807) is 0 Å². The molecule has 23 heavy (non-hydrogen) atoms. The van der Waals surface area contributed by atoms with Crippen LogP contribution in [0.2, 0.25) is 0 Å². The van der Waals surface area contributed by atoms with Crippen molar-refractivity contribution in [3.63, 3.8) is 0 Å². The molecule has 3 fully saturated rings. The zero-order valence-corrected chi connectivity index (χ0v) is 14.5. The van der Waals surface area contributed by atoms with Gasteiger partial charge in [0.1, 0.15) is 0 Å². The Morgan fingerprint density at radius 1 is 0.522 bits per heavy atom. The Morgan fingerprint density at radius 3 is 1.30 bits per heavy atom. The molecule has 1 heterocycles. The Hall–Kier alpha value is -1.06. The fourth-order valence-electron chi connectivity index (χ4n) is 4.57. The van der Waals surface area contributed by atoms with Crippen molar-refractivity contribution in [2.24, 2.45) is 11.8 Å². The Bertz CT molecular complexity index is 374. The van der Waals surface area contributed by atoms with E-state index in [4.69, 9.17) is 0 Å². The van der Waals surface area contributed by atoms with Crippen LogP contribution in [0, 0.1) is 11.8 Å². The highest BCUT2D eigenvalue weighted by Gasteiger charge is 2.30. The van der Waals surface area contributed by atoms with Crippen LogP contribution in [-0.2, 0) is 9.59 Å². The number of carbonyl (C=O) groups excluding carboxylic acids is 2. The lowest BCUT2D eigenvalue weighted by Gasteiger charge is -2.30. The van der Waals surface area contributed by atoms with Crippen molar-refractivity contribution < 1.29 is 9.59 Å². The maximum absolute atomic E-state index is 12.7. The summed E-state index contributed by atoms with van der Waals surface area (Å²) in [5.41, 5.74) is 0. The van der Waals surface area contributed by atoms with Gasteiger partial charge in [-0.1, -0.05) is 38.5 Å². The monoisotopic (exact) mass is 320 g/mol. The minimum absolute atomic E-state index is 0.254. The molecule has 0 radical (unpaired) electrons. The molecule has 0 spiro atoms. The van der Waals surface area contributed by atoms with Crippen LogP contribution in [-0.4, -0.2) is 47.8 Å². The quantitative estimate of drug-likeness (QED) is 0.784. The minimum atomic E-state index is 0.254. The molecule has 0 aromatic carbocycles. The van der Waals surface area contributed by atoms with Crippen molar-refractivity contribution in [2.75, 3.05) is 26.2 Å². The molecule has 0 atom stereocenters. The molecule has 0 bridgehead atoms. The summed E-state index contributed by atoms with van der Waals surface area (Å²) in [5, 5.41) is 0. The first-order valence-corrected chi connectivity index (χ1v) is 9.83. The van der Waals surface area contributed by atoms with Gasteiger partial charge in [0, 0.05) is 38.0 Å². The first-order valence-electron chi connectivity index (χ1n) is 9.83. The summed E-state index contributed by atoms with van der Waals surface area (Å²) >= 11 is 0. The first-order chi connectivity index (χ1) is 11.3. The van der Waals surface area contributed by atoms with Gasteiger partial charge in [0.2, 0.25) is 11.8 Å². The van der Waals surface area contributed by atoms with Gasteiger partial charge in [0.25, 0.3) is 0 Å². The van der Waals surface area contributed by atoms with E-state index in [0.29, 0.717) is 11.8 Å². The molecule has 1 saturated heterocycles. The average molecular weight is 320 g/mol. The van der Waals surface area contributed by atoms with Crippen molar-refractivity contribution >= 4 is 11.8 Å². The topological polar surface area (TPSA) is 40.6 Å². The summed E-state index contributed by atoms with van der Waals surface area (Å²) in [6.07, 6.45) is 12.6. The van der Waals surface area contributed by atoms with E-state index in [2.05, 4.69) is 0 Å². The van der Waals surface area contributed by atoms with E-state index in [1.165, 1.54) is 38.5 Å². The van der Waals surface area contributed by atoms with Crippen LogP contribution in [0.15, 0.2) is 0 Å². The third-order valence-corrected chi connectivity index (χ3v) is 6.03. The highest BCUT2D eigenvalue weighted by molar-refractivity contribution is 5.80. The van der Waals surface area contributed by atoms with Crippen LogP contribution in [0.3, 0.4) is 0 Å². The number of nitrogens with zero attached hydrogens (tertiary/aromatic N) is 2. The lowest BCUT2D eigenvalue weighted by atomic mass is 9.88. The number of amides is 2. The number of hydrogen-bond acceptors (Lipinski definition) is 2. The molecule has 2 aliphatic carbocycles. The summed E-state index contributed by atoms with van der Waals surface area (Å²) in [7, 11) is 0. The maximum atomic E-state index is 12.7. The van der Waals surface area contributed by atoms with Gasteiger partial charge in [-0.05, 0) is 32.1 Å². The lowest BCUT2D eigenvalue weighted by Crippen LogP contribution is -2.42. The van der Waals surface area contributed by atoms with Gasteiger partial charge >= 0.3 is 0 Å². The normalized spacial score (nSPS) is 25.2. The van der Waals surface area contributed by atoms with Gasteiger partial charge in [-0.25, -0.2) is 0 Å². The highest BCUT2D eigenvalue weighted by atomic mass is 16.2. The van der Waals surface area contributed by atoms with Gasteiger partial charge in [-0.3, -0.25) is 9.59 Å². The number of hydrogen-bond donors (Lipinski definition) is 0. The molecule has 1 aliphatic heterocycles. The predicted molar refractivity (Wildman–Crippen MR) is 90.9 cm³/mol. The van der Waals surface area contributed by atoms with E-state index in [9.17, 15) is 9.59 Å². The summed E-state index contributed by atoms with van der Waals surface area (Å²) in [5.74, 6) is 1.22. The molecule has 130 valence electrons. The lowest BCUT2D eigenvalue weighted by molar-refractivity contribution is -0.139. The molecule has 0 aromatic heterocycles. The summed E-state index contributed by atoms with van der Waals surface area (Å²) in [6.45, 7) is 3.16. The second-order valence-electron chi connectivity index (χ2n) is 7.67. The third kappa shape index (κ3) is 4.27. The number of carbonyl (C=O) groups is 2. The van der Waals surface area contributed by atoms with Crippen LogP contribution >= 0.6 is 0 Å². The van der Waals surface area contributed by atoms with Crippen molar-refractivity contribution in [3.8, 4) is 0 Å². The molecular weight excluding hydrogens is 288 g/mol. The van der Waals surface area contributed by atoms with Gasteiger partial charge in [0.15, 0.2) is 0 Å². The Kier molecular flexibility index (Phi) is 5.96. The van der Waals surface area contributed by atoms with Gasteiger partial charge in [0.05, 0.1) is 0 Å². The molecule has 4 heteroatoms. The molecule has 4 nitrogen and oxygen atoms in total. The third-order valence-electron chi connectivity index (χ3n) is 6.03. The fraction of sp³-hybridized carbons (Fsp3) is 0.895. The minimum Gasteiger partial charge on any atom is -0.341 e. The molecule has 0 aromatic rings. The van der Waals surface area contributed by atoms with Gasteiger partial charge in [-0.15, -0.1) is 0 Å². The van der Waals surface area contributed by atoms with Crippen LogP contribution < -0.4 is 0 Å². The van der Waals surface area contributed by atoms with E-state index in [0.717, 1.165) is 58.3 Å². The first kappa shape index (κ1) is 16.8. The van der Waals surface area contributed by atoms with Crippen molar-refractivity contribution in [1.82, 2.24) is 9.80 Å². The van der Waals surface area contributed by atoms with Crippen molar-refractivity contribution in [2.45, 2.75) is 70.6 Å². The van der Waals surface area contributed by atoms with Crippen LogP contribution in [0.25, 0.3) is 0 Å². The molecule has 3 aliphatic rings. The molecular formula is C19H32N2O2. The fourth-order valence-corrected chi connectivity index (χ4v) is 4.57. The molecule has 0 unspecified atom stereocenters. The number of rotatable bonds is 2. The smallest absolute Gasteiger partial charge is 0.225 e. The van der Waals surface area contributed by atoms with Crippen LogP contribution in [0.1, 0.15) is 70.6 Å². The molecule has 3 rings (SSSR count). The average Bonchev–Trinajstić information content (AvgIpc) is 2.88. The Balaban J connectivity index is 1.52. The second-order valence-corrected chi connectivity index (χ2v) is 7.67. The van der Waals surface area contributed by atoms with Crippen molar-refractivity contribution in [3.05, 3.63) is 0 Å². The van der Waals surface area contributed by atoms with E-state index < -0.39 is 0 Å².